The first-order valence-corrected chi connectivity index (χ1v) is 5.23. The molecule has 3 N–H and O–H groups in total. The maximum atomic E-state index is 10.9. The van der Waals surface area contributed by atoms with Crippen LogP contribution >= 0.6 is 0 Å². The minimum absolute atomic E-state index is 0.0347. The molecule has 0 bridgehead atoms. The van der Waals surface area contributed by atoms with Crippen molar-refractivity contribution in [1.29, 1.82) is 0 Å². The lowest BCUT2D eigenvalue weighted by Gasteiger charge is -2.36. The van der Waals surface area contributed by atoms with E-state index in [0.29, 0.717) is 0 Å². The van der Waals surface area contributed by atoms with Crippen molar-refractivity contribution in [3.8, 4) is 0 Å². The van der Waals surface area contributed by atoms with E-state index in [1.54, 1.807) is 6.92 Å². The van der Waals surface area contributed by atoms with E-state index >= 15 is 0 Å². The number of hydrogen-bond donors (Lipinski definition) is 2. The highest BCUT2D eigenvalue weighted by Gasteiger charge is 2.27. The highest BCUT2D eigenvalue weighted by atomic mass is 16.3. The molecule has 2 atom stereocenters. The van der Waals surface area contributed by atoms with E-state index in [1.165, 1.54) is 0 Å². The molecular formula is C10H20N2O2. The molecule has 1 aliphatic heterocycles. The third kappa shape index (κ3) is 2.69. The van der Waals surface area contributed by atoms with E-state index in [1.807, 2.05) is 6.92 Å². The summed E-state index contributed by atoms with van der Waals surface area (Å²) in [6.45, 7) is 5.53. The van der Waals surface area contributed by atoms with Gasteiger partial charge in [0.1, 0.15) is 0 Å². The number of amides is 1. The number of nitrogens with zero attached hydrogens (tertiary/aromatic N) is 1. The summed E-state index contributed by atoms with van der Waals surface area (Å²) in [6.07, 6.45) is 1.33. The van der Waals surface area contributed by atoms with Crippen LogP contribution in [0.4, 0.5) is 0 Å². The van der Waals surface area contributed by atoms with Gasteiger partial charge in [-0.15, -0.1) is 0 Å². The van der Waals surface area contributed by atoms with Crippen molar-refractivity contribution < 1.29 is 9.90 Å². The lowest BCUT2D eigenvalue weighted by Crippen LogP contribution is -2.46. The SMILES string of the molecule is CC(O)C(C)N1CCC(C(N)=O)CC1. The number of aliphatic hydroxyl groups is 1. The van der Waals surface area contributed by atoms with Gasteiger partial charge in [-0.05, 0) is 39.8 Å². The quantitative estimate of drug-likeness (QED) is 0.671. The van der Waals surface area contributed by atoms with Crippen LogP contribution in [0, 0.1) is 5.92 Å². The summed E-state index contributed by atoms with van der Waals surface area (Å²) >= 11 is 0. The fraction of sp³-hybridized carbons (Fsp3) is 0.900. The Bertz CT molecular complexity index is 198. The number of likely N-dealkylation sites (tertiary alicyclic amines) is 1. The van der Waals surface area contributed by atoms with Gasteiger partial charge in [-0.25, -0.2) is 0 Å². The molecule has 0 radical (unpaired) electrons. The van der Waals surface area contributed by atoms with Gasteiger partial charge in [0, 0.05) is 12.0 Å². The van der Waals surface area contributed by atoms with Gasteiger partial charge in [0.15, 0.2) is 0 Å². The molecular weight excluding hydrogens is 180 g/mol. The van der Waals surface area contributed by atoms with Crippen molar-refractivity contribution in [2.45, 2.75) is 38.8 Å². The van der Waals surface area contributed by atoms with E-state index in [2.05, 4.69) is 4.90 Å². The van der Waals surface area contributed by atoms with Gasteiger partial charge in [0.2, 0.25) is 5.91 Å². The highest BCUT2D eigenvalue weighted by molar-refractivity contribution is 5.76. The first-order chi connectivity index (χ1) is 6.52. The third-order valence-electron chi connectivity index (χ3n) is 3.21. The summed E-state index contributed by atoms with van der Waals surface area (Å²) in [5.74, 6) is -0.151. The molecule has 0 aromatic heterocycles. The summed E-state index contributed by atoms with van der Waals surface area (Å²) in [5, 5.41) is 9.41. The average Bonchev–Trinajstić information content (AvgIpc) is 2.16. The summed E-state index contributed by atoms with van der Waals surface area (Å²) in [7, 11) is 0. The smallest absolute Gasteiger partial charge is 0.220 e. The molecule has 0 aromatic carbocycles. The Morgan fingerprint density at radius 3 is 2.29 bits per heavy atom. The zero-order chi connectivity index (χ0) is 10.7. The van der Waals surface area contributed by atoms with Gasteiger partial charge in [0.05, 0.1) is 6.10 Å². The van der Waals surface area contributed by atoms with Crippen LogP contribution in [0.5, 0.6) is 0 Å². The minimum atomic E-state index is -0.319. The van der Waals surface area contributed by atoms with Crippen molar-refractivity contribution >= 4 is 5.91 Å². The second-order valence-electron chi connectivity index (χ2n) is 4.19. The van der Waals surface area contributed by atoms with Crippen molar-refractivity contribution in [2.75, 3.05) is 13.1 Å². The fourth-order valence-corrected chi connectivity index (χ4v) is 1.90. The first-order valence-electron chi connectivity index (χ1n) is 5.23. The Balaban J connectivity index is 2.39. The molecule has 1 rings (SSSR count). The predicted molar refractivity (Wildman–Crippen MR) is 54.6 cm³/mol. The topological polar surface area (TPSA) is 66.6 Å². The largest absolute Gasteiger partial charge is 0.392 e. The van der Waals surface area contributed by atoms with Crippen molar-refractivity contribution in [2.24, 2.45) is 11.7 Å². The summed E-state index contributed by atoms with van der Waals surface area (Å²) in [4.78, 5) is 13.1. The van der Waals surface area contributed by atoms with Gasteiger partial charge in [-0.1, -0.05) is 0 Å². The van der Waals surface area contributed by atoms with Crippen molar-refractivity contribution in [3.05, 3.63) is 0 Å². The van der Waals surface area contributed by atoms with Crippen LogP contribution in [0.1, 0.15) is 26.7 Å². The van der Waals surface area contributed by atoms with Crippen LogP contribution in [-0.2, 0) is 4.79 Å². The highest BCUT2D eigenvalue weighted by Crippen LogP contribution is 2.19. The monoisotopic (exact) mass is 200 g/mol. The summed E-state index contributed by atoms with van der Waals surface area (Å²) in [5.41, 5.74) is 5.24. The van der Waals surface area contributed by atoms with E-state index < -0.39 is 0 Å². The van der Waals surface area contributed by atoms with E-state index in [9.17, 15) is 9.90 Å². The zero-order valence-corrected chi connectivity index (χ0v) is 8.94. The number of piperidine rings is 1. The molecule has 2 unspecified atom stereocenters. The molecule has 1 saturated heterocycles. The molecule has 0 saturated carbocycles. The first kappa shape index (κ1) is 11.5. The van der Waals surface area contributed by atoms with Gasteiger partial charge < -0.3 is 10.8 Å². The van der Waals surface area contributed by atoms with Crippen molar-refractivity contribution in [1.82, 2.24) is 4.90 Å². The van der Waals surface area contributed by atoms with Crippen LogP contribution < -0.4 is 5.73 Å². The molecule has 1 fully saturated rings. The van der Waals surface area contributed by atoms with Gasteiger partial charge in [-0.2, -0.15) is 0 Å². The van der Waals surface area contributed by atoms with E-state index in [-0.39, 0.29) is 24.0 Å². The molecule has 0 spiro atoms. The molecule has 14 heavy (non-hydrogen) atoms. The van der Waals surface area contributed by atoms with Crippen molar-refractivity contribution in [3.63, 3.8) is 0 Å². The summed E-state index contributed by atoms with van der Waals surface area (Å²) in [6, 6.07) is 0.170. The lowest BCUT2D eigenvalue weighted by molar-refractivity contribution is -0.123. The second-order valence-corrected chi connectivity index (χ2v) is 4.19. The molecule has 4 heteroatoms. The second kappa shape index (κ2) is 4.75. The molecule has 82 valence electrons. The Morgan fingerprint density at radius 2 is 1.93 bits per heavy atom. The molecule has 1 heterocycles. The molecule has 0 aliphatic carbocycles. The zero-order valence-electron chi connectivity index (χ0n) is 8.94. The van der Waals surface area contributed by atoms with Gasteiger partial charge >= 0.3 is 0 Å². The van der Waals surface area contributed by atoms with Crippen LogP contribution in [0.3, 0.4) is 0 Å². The fourth-order valence-electron chi connectivity index (χ4n) is 1.90. The van der Waals surface area contributed by atoms with E-state index in [0.717, 1.165) is 25.9 Å². The van der Waals surface area contributed by atoms with Gasteiger partial charge in [0.25, 0.3) is 0 Å². The molecule has 0 aromatic rings. The van der Waals surface area contributed by atoms with Gasteiger partial charge in [-0.3, -0.25) is 9.69 Å². The predicted octanol–water partition coefficient (Wildman–Crippen LogP) is -0.0470. The number of hydrogen-bond acceptors (Lipinski definition) is 3. The molecule has 1 amide bonds. The summed E-state index contributed by atoms with van der Waals surface area (Å²) < 4.78 is 0. The third-order valence-corrected chi connectivity index (χ3v) is 3.21. The number of carbonyl (C=O) groups is 1. The number of rotatable bonds is 3. The Labute approximate surface area is 85.1 Å². The minimum Gasteiger partial charge on any atom is -0.392 e. The maximum Gasteiger partial charge on any atom is 0.220 e. The Kier molecular flexibility index (Phi) is 3.89. The molecule has 4 nitrogen and oxygen atoms in total. The van der Waals surface area contributed by atoms with Crippen LogP contribution in [0.2, 0.25) is 0 Å². The Morgan fingerprint density at radius 1 is 1.43 bits per heavy atom. The standard InChI is InChI=1S/C10H20N2O2/c1-7(8(2)13)12-5-3-9(4-6-12)10(11)14/h7-9,13H,3-6H2,1-2H3,(H2,11,14). The van der Waals surface area contributed by atoms with Crippen LogP contribution in [-0.4, -0.2) is 41.1 Å². The normalized spacial score (nSPS) is 24.5. The number of nitrogens with two attached hydrogens (primary N) is 1. The number of aliphatic hydroxyl groups excluding tert-OH is 1. The van der Waals surface area contributed by atoms with Crippen LogP contribution in [0.15, 0.2) is 0 Å². The Hall–Kier alpha value is -0.610. The van der Waals surface area contributed by atoms with E-state index in [4.69, 9.17) is 5.73 Å². The number of primary amides is 1. The number of carbonyl (C=O) groups excluding carboxylic acids is 1. The van der Waals surface area contributed by atoms with Crippen LogP contribution in [0.25, 0.3) is 0 Å². The molecule has 1 aliphatic rings. The maximum absolute atomic E-state index is 10.9. The lowest BCUT2D eigenvalue weighted by atomic mass is 9.95. The average molecular weight is 200 g/mol.